The van der Waals surface area contributed by atoms with E-state index in [1.807, 2.05) is 23.0 Å². The maximum atomic E-state index is 5.64. The minimum absolute atomic E-state index is 0.129. The van der Waals surface area contributed by atoms with Crippen molar-refractivity contribution in [1.29, 1.82) is 0 Å². The number of hydrogen-bond acceptors (Lipinski definition) is 9. The molecule has 3 aromatic rings. The summed E-state index contributed by atoms with van der Waals surface area (Å²) in [5.41, 5.74) is 13.1. The number of hydrogen-bond donors (Lipinski definition) is 2. The van der Waals surface area contributed by atoms with Crippen molar-refractivity contribution in [3.63, 3.8) is 0 Å². The summed E-state index contributed by atoms with van der Waals surface area (Å²) in [5, 5.41) is 9.61. The van der Waals surface area contributed by atoms with Crippen LogP contribution < -0.4 is 11.5 Å². The second-order valence-electron chi connectivity index (χ2n) is 8.49. The van der Waals surface area contributed by atoms with Crippen molar-refractivity contribution < 1.29 is 0 Å². The molecule has 3 heterocycles. The SMILES string of the molecule is Cn1c(SCc2nc(N)nc(N)n2)nnc1-c1cc2c(s1)CCC(C(C)(C)C)C2. The number of nitrogen functional groups attached to an aromatic ring is 2. The van der Waals surface area contributed by atoms with Crippen LogP contribution in [0.15, 0.2) is 11.2 Å². The van der Waals surface area contributed by atoms with Crippen molar-refractivity contribution >= 4 is 35.0 Å². The molecule has 4 N–H and O–H groups in total. The molecule has 8 nitrogen and oxygen atoms in total. The van der Waals surface area contributed by atoms with Crippen molar-refractivity contribution in [3.05, 3.63) is 22.3 Å². The Morgan fingerprint density at radius 2 is 1.90 bits per heavy atom. The first-order valence-electron chi connectivity index (χ1n) is 9.60. The zero-order valence-corrected chi connectivity index (χ0v) is 18.8. The lowest BCUT2D eigenvalue weighted by Crippen LogP contribution is -2.26. The predicted octanol–water partition coefficient (Wildman–Crippen LogP) is 3.34. The molecule has 0 saturated carbocycles. The Bertz CT molecular complexity index is 1010. The number of rotatable bonds is 4. The molecule has 0 saturated heterocycles. The Morgan fingerprint density at radius 1 is 1.17 bits per heavy atom. The van der Waals surface area contributed by atoms with Gasteiger partial charge in [-0.1, -0.05) is 32.5 Å². The fourth-order valence-corrected chi connectivity index (χ4v) is 5.67. The van der Waals surface area contributed by atoms with Crippen LogP contribution in [0.1, 0.15) is 43.5 Å². The Morgan fingerprint density at radius 3 is 2.59 bits per heavy atom. The monoisotopic (exact) mass is 430 g/mol. The standard InChI is InChI=1S/C19H26N8S2/c1-19(2,3)11-5-6-12-10(7-11)8-13(29-12)15-25-26-18(27(15)4)28-9-14-22-16(20)24-17(21)23-14/h8,11H,5-7,9H2,1-4H3,(H4,20,21,22,23,24). The summed E-state index contributed by atoms with van der Waals surface area (Å²) < 4.78 is 2.02. The van der Waals surface area contributed by atoms with Crippen LogP contribution in [0.25, 0.3) is 10.7 Å². The molecule has 0 bridgehead atoms. The highest BCUT2D eigenvalue weighted by molar-refractivity contribution is 7.98. The van der Waals surface area contributed by atoms with Gasteiger partial charge in [-0.05, 0) is 42.2 Å². The minimum atomic E-state index is 0.129. The van der Waals surface area contributed by atoms with E-state index >= 15 is 0 Å². The van der Waals surface area contributed by atoms with E-state index in [0.717, 1.165) is 29.7 Å². The van der Waals surface area contributed by atoms with Crippen LogP contribution in [-0.4, -0.2) is 29.7 Å². The molecule has 0 aromatic carbocycles. The van der Waals surface area contributed by atoms with E-state index in [-0.39, 0.29) is 11.9 Å². The highest BCUT2D eigenvalue weighted by Gasteiger charge is 2.30. The average Bonchev–Trinajstić information content (AvgIpc) is 3.20. The zero-order chi connectivity index (χ0) is 20.8. The van der Waals surface area contributed by atoms with Crippen molar-refractivity contribution in [2.75, 3.05) is 11.5 Å². The van der Waals surface area contributed by atoms with Gasteiger partial charge in [0.25, 0.3) is 0 Å². The molecule has 1 atom stereocenters. The molecule has 1 aliphatic rings. The fraction of sp³-hybridized carbons (Fsp3) is 0.526. The summed E-state index contributed by atoms with van der Waals surface area (Å²) >= 11 is 3.35. The van der Waals surface area contributed by atoms with Gasteiger partial charge in [0.1, 0.15) is 5.82 Å². The maximum absolute atomic E-state index is 5.64. The molecular weight excluding hydrogens is 404 g/mol. The summed E-state index contributed by atoms with van der Waals surface area (Å²) in [6, 6.07) is 2.31. The Hall–Kier alpha value is -2.20. The van der Waals surface area contributed by atoms with Crippen molar-refractivity contribution in [2.45, 2.75) is 50.9 Å². The quantitative estimate of drug-likeness (QED) is 0.604. The van der Waals surface area contributed by atoms with Crippen LogP contribution in [0.4, 0.5) is 11.9 Å². The lowest BCUT2D eigenvalue weighted by atomic mass is 9.72. The lowest BCUT2D eigenvalue weighted by molar-refractivity contribution is 0.217. The van der Waals surface area contributed by atoms with Crippen LogP contribution in [0, 0.1) is 11.3 Å². The van der Waals surface area contributed by atoms with Gasteiger partial charge in [-0.2, -0.15) is 15.0 Å². The summed E-state index contributed by atoms with van der Waals surface area (Å²) in [5.74, 6) is 2.91. The van der Waals surface area contributed by atoms with Crippen molar-refractivity contribution in [3.8, 4) is 10.7 Å². The Kier molecular flexibility index (Phi) is 5.24. The molecule has 154 valence electrons. The van der Waals surface area contributed by atoms with E-state index in [4.69, 9.17) is 11.5 Å². The van der Waals surface area contributed by atoms with Gasteiger partial charge in [0.05, 0.1) is 10.6 Å². The van der Waals surface area contributed by atoms with Crippen LogP contribution in [0.3, 0.4) is 0 Å². The van der Waals surface area contributed by atoms with Crippen LogP contribution in [0.5, 0.6) is 0 Å². The van der Waals surface area contributed by atoms with Crippen LogP contribution in [0.2, 0.25) is 0 Å². The molecule has 10 heteroatoms. The molecule has 1 unspecified atom stereocenters. The summed E-state index contributed by atoms with van der Waals surface area (Å²) in [7, 11) is 1.99. The normalized spacial score (nSPS) is 16.8. The number of nitrogens with two attached hydrogens (primary N) is 2. The largest absolute Gasteiger partial charge is 0.368 e. The second-order valence-corrected chi connectivity index (χ2v) is 10.6. The van der Waals surface area contributed by atoms with Gasteiger partial charge in [-0.3, -0.25) is 0 Å². The maximum Gasteiger partial charge on any atom is 0.225 e. The van der Waals surface area contributed by atoms with E-state index in [9.17, 15) is 0 Å². The Labute approximate surface area is 178 Å². The van der Waals surface area contributed by atoms with Crippen LogP contribution in [-0.2, 0) is 25.6 Å². The van der Waals surface area contributed by atoms with E-state index in [1.165, 1.54) is 33.5 Å². The topological polar surface area (TPSA) is 121 Å². The summed E-state index contributed by atoms with van der Waals surface area (Å²) in [4.78, 5) is 14.7. The molecule has 0 spiro atoms. The highest BCUT2D eigenvalue weighted by Crippen LogP contribution is 2.42. The van der Waals surface area contributed by atoms with Gasteiger partial charge in [-0.15, -0.1) is 21.5 Å². The first-order valence-corrected chi connectivity index (χ1v) is 11.4. The average molecular weight is 431 g/mol. The first kappa shape index (κ1) is 20.1. The Balaban J connectivity index is 1.51. The number of nitrogens with zero attached hydrogens (tertiary/aromatic N) is 6. The number of fused-ring (bicyclic) bond motifs is 1. The highest BCUT2D eigenvalue weighted by atomic mass is 32.2. The van der Waals surface area contributed by atoms with Gasteiger partial charge in [0, 0.05) is 11.9 Å². The van der Waals surface area contributed by atoms with E-state index in [0.29, 0.717) is 17.0 Å². The predicted molar refractivity (Wildman–Crippen MR) is 117 cm³/mol. The smallest absolute Gasteiger partial charge is 0.225 e. The molecule has 0 radical (unpaired) electrons. The summed E-state index contributed by atoms with van der Waals surface area (Å²) in [6.07, 6.45) is 3.56. The van der Waals surface area contributed by atoms with E-state index in [1.54, 1.807) is 0 Å². The lowest BCUT2D eigenvalue weighted by Gasteiger charge is -2.33. The van der Waals surface area contributed by atoms with E-state index < -0.39 is 0 Å². The molecule has 0 aliphatic heterocycles. The third kappa shape index (κ3) is 4.23. The molecule has 4 rings (SSSR count). The number of aromatic nitrogens is 6. The van der Waals surface area contributed by atoms with E-state index in [2.05, 4.69) is 52.0 Å². The summed E-state index contributed by atoms with van der Waals surface area (Å²) in [6.45, 7) is 7.03. The number of anilines is 2. The molecule has 0 amide bonds. The number of aryl methyl sites for hydroxylation is 1. The van der Waals surface area contributed by atoms with Gasteiger partial charge in [0.2, 0.25) is 11.9 Å². The third-order valence-corrected chi connectivity index (χ3v) is 7.66. The second kappa shape index (κ2) is 7.56. The van der Waals surface area contributed by atoms with Gasteiger partial charge < -0.3 is 16.0 Å². The van der Waals surface area contributed by atoms with Crippen molar-refractivity contribution in [2.24, 2.45) is 18.4 Å². The zero-order valence-electron chi connectivity index (χ0n) is 17.1. The first-order chi connectivity index (χ1) is 13.7. The van der Waals surface area contributed by atoms with Gasteiger partial charge in [-0.25, -0.2) is 0 Å². The molecule has 1 aliphatic carbocycles. The number of thioether (sulfide) groups is 1. The molecule has 0 fully saturated rings. The third-order valence-electron chi connectivity index (χ3n) is 5.41. The van der Waals surface area contributed by atoms with Crippen LogP contribution >= 0.6 is 23.1 Å². The fourth-order valence-electron chi connectivity index (χ4n) is 3.68. The van der Waals surface area contributed by atoms with Gasteiger partial charge in [0.15, 0.2) is 11.0 Å². The minimum Gasteiger partial charge on any atom is -0.368 e. The van der Waals surface area contributed by atoms with Gasteiger partial charge >= 0.3 is 0 Å². The molecule has 3 aromatic heterocycles. The van der Waals surface area contributed by atoms with Crippen molar-refractivity contribution in [1.82, 2.24) is 29.7 Å². The molecular formula is C19H26N8S2. The number of thiophene rings is 1. The molecule has 29 heavy (non-hydrogen) atoms.